The molecule has 0 radical (unpaired) electrons. The minimum absolute atomic E-state index is 0.0109. The lowest BCUT2D eigenvalue weighted by atomic mass is 9.65. The van der Waals surface area contributed by atoms with Crippen LogP contribution < -0.4 is 30.5 Å². The van der Waals surface area contributed by atoms with Crippen molar-refractivity contribution in [1.29, 1.82) is 0 Å². The fourth-order valence-corrected chi connectivity index (χ4v) is 20.1. The molecule has 6 aromatic rings. The fraction of sp³-hybridized carbons (Fsp3) is 0.390. The summed E-state index contributed by atoms with van der Waals surface area (Å²) in [5.41, 5.74) is 12.1. The third-order valence-electron chi connectivity index (χ3n) is 16.5. The molecule has 3 aliphatic rings. The van der Waals surface area contributed by atoms with E-state index in [0.29, 0.717) is 0 Å². The summed E-state index contributed by atoms with van der Waals surface area (Å²) in [5, 5.41) is 6.18. The van der Waals surface area contributed by atoms with Crippen LogP contribution in [0.1, 0.15) is 75.3 Å². The van der Waals surface area contributed by atoms with E-state index in [9.17, 15) is 0 Å². The van der Waals surface area contributed by atoms with Crippen LogP contribution >= 0.6 is 0 Å². The van der Waals surface area contributed by atoms with Gasteiger partial charge in [-0.1, -0.05) is 210 Å². The number of anilines is 6. The van der Waals surface area contributed by atoms with E-state index in [1.165, 1.54) is 120 Å². The normalized spacial score (nSPS) is 17.1. The molecule has 0 amide bonds. The maximum Gasteiger partial charge on any atom is 0.0836 e. The van der Waals surface area contributed by atoms with Crippen LogP contribution in [0.15, 0.2) is 146 Å². The lowest BCUT2D eigenvalue weighted by Gasteiger charge is -2.39. The van der Waals surface area contributed by atoms with E-state index in [1.54, 1.807) is 10.4 Å². The van der Waals surface area contributed by atoms with Crippen molar-refractivity contribution in [3.63, 3.8) is 0 Å². The summed E-state index contributed by atoms with van der Waals surface area (Å²) in [7, 11) is -5.78. The molecule has 0 heterocycles. The van der Waals surface area contributed by atoms with Gasteiger partial charge in [0.1, 0.15) is 0 Å². The van der Waals surface area contributed by atoms with E-state index < -0.39 is 32.3 Å². The first-order valence-corrected chi connectivity index (χ1v) is 38.3. The molecular weight excluding hydrogens is 849 g/mol. The molecule has 0 aromatic heterocycles. The van der Waals surface area contributed by atoms with Gasteiger partial charge in [-0.05, 0) is 108 Å². The van der Waals surface area contributed by atoms with Gasteiger partial charge in [-0.2, -0.15) is 0 Å². The van der Waals surface area contributed by atoms with Crippen LogP contribution in [-0.2, 0) is 5.41 Å². The quantitative estimate of drug-likeness (QED) is 0.100. The van der Waals surface area contributed by atoms with Crippen molar-refractivity contribution in [2.45, 2.75) is 146 Å². The van der Waals surface area contributed by atoms with Crippen molar-refractivity contribution in [3.05, 3.63) is 157 Å². The summed E-state index contributed by atoms with van der Waals surface area (Å²) >= 11 is 0. The lowest BCUT2D eigenvalue weighted by molar-refractivity contribution is 0.346. The smallest absolute Gasteiger partial charge is 0.0836 e. The first-order chi connectivity index (χ1) is 30.9. The minimum atomic E-state index is -1.49. The van der Waals surface area contributed by atoms with Gasteiger partial charge in [0, 0.05) is 39.5 Å². The number of nitrogens with zero attached hydrogens (tertiary/aromatic N) is 2. The molecule has 3 fully saturated rings. The summed E-state index contributed by atoms with van der Waals surface area (Å²) in [6.07, 6.45) is 13.2. The van der Waals surface area contributed by atoms with E-state index in [4.69, 9.17) is 0 Å². The molecular formula is C59H76N2Si4. The maximum absolute atomic E-state index is 2.59. The zero-order valence-corrected chi connectivity index (χ0v) is 45.5. The Hall–Kier alpha value is -4.21. The third-order valence-corrected chi connectivity index (χ3v) is 29.5. The molecule has 0 bridgehead atoms. The van der Waals surface area contributed by atoms with E-state index in [0.717, 1.165) is 11.1 Å². The monoisotopic (exact) mass is 925 g/mol. The summed E-state index contributed by atoms with van der Waals surface area (Å²) in [6, 6.07) is 58.0. The minimum Gasteiger partial charge on any atom is -0.311 e. The van der Waals surface area contributed by atoms with E-state index in [-0.39, 0.29) is 5.41 Å². The fourth-order valence-electron chi connectivity index (χ4n) is 11.4. The second-order valence-electron chi connectivity index (χ2n) is 23.4. The second-order valence-corrected chi connectivity index (χ2v) is 43.3. The average molecular weight is 926 g/mol. The van der Waals surface area contributed by atoms with Crippen LogP contribution in [0, 0.1) is 0 Å². The zero-order valence-electron chi connectivity index (χ0n) is 41.5. The third kappa shape index (κ3) is 9.27. The number of hydrogen-bond acceptors (Lipinski definition) is 2. The number of hydrogen-bond donors (Lipinski definition) is 0. The standard InChI is InChI=1S/C59H76N2Si4/c1-62(2,3)53-33-25-49(26-34-53)60(51-29-37-56(38-30-51)64(7,8)55-15-14-16-55)47-21-17-45(18-22-47)59(43-12-11-13-44-59)46-19-23-48(24-20-46)61(50-27-35-54(36-28-50)63(4,5)6)52-31-39-57(40-32-52)65(9,10)58-41-42-58/h17-40,55,58H,11-16,41-44H2,1-10H3. The Bertz CT molecular complexity index is 2530. The maximum atomic E-state index is 2.59. The molecule has 3 saturated carbocycles. The van der Waals surface area contributed by atoms with E-state index in [1.807, 2.05) is 0 Å². The molecule has 6 aromatic carbocycles. The average Bonchev–Trinajstić information content (AvgIpc) is 4.14. The lowest BCUT2D eigenvalue weighted by Crippen LogP contribution is -2.48. The molecule has 0 spiro atoms. The van der Waals surface area contributed by atoms with Gasteiger partial charge in [0.25, 0.3) is 0 Å². The highest BCUT2D eigenvalue weighted by atomic mass is 28.3. The van der Waals surface area contributed by atoms with Crippen LogP contribution in [0.4, 0.5) is 34.1 Å². The van der Waals surface area contributed by atoms with Gasteiger partial charge < -0.3 is 9.80 Å². The predicted molar refractivity (Wildman–Crippen MR) is 297 cm³/mol. The highest BCUT2D eigenvalue weighted by molar-refractivity contribution is 6.92. The molecule has 0 N–H and O–H groups in total. The Morgan fingerprint density at radius 1 is 0.323 bits per heavy atom. The number of rotatable bonds is 14. The van der Waals surface area contributed by atoms with Gasteiger partial charge in [-0.15, -0.1) is 0 Å². The van der Waals surface area contributed by atoms with E-state index in [2.05, 4.69) is 221 Å². The SMILES string of the molecule is C[Si](C)(C)c1ccc(N(c2ccc(C3(c4ccc(N(c5ccc([Si](C)(C)C)cc5)c5ccc([Si](C)(C)C6CC6)cc5)cc4)CCCCC3)cc2)c2ccc([Si](C)(C)C3CCC3)cc2)cc1. The topological polar surface area (TPSA) is 6.48 Å². The van der Waals surface area contributed by atoms with Crippen molar-refractivity contribution in [2.75, 3.05) is 9.80 Å². The first kappa shape index (κ1) is 45.9. The predicted octanol–water partition coefficient (Wildman–Crippen LogP) is 15.5. The van der Waals surface area contributed by atoms with Gasteiger partial charge in [-0.3, -0.25) is 0 Å². The first-order valence-electron chi connectivity index (χ1n) is 25.2. The zero-order chi connectivity index (χ0) is 45.8. The molecule has 3 aliphatic carbocycles. The molecule has 6 heteroatoms. The van der Waals surface area contributed by atoms with Crippen LogP contribution in [0.5, 0.6) is 0 Å². The van der Waals surface area contributed by atoms with Crippen LogP contribution in [0.25, 0.3) is 0 Å². The van der Waals surface area contributed by atoms with Gasteiger partial charge in [-0.25, -0.2) is 0 Å². The van der Waals surface area contributed by atoms with Gasteiger partial charge in [0.05, 0.1) is 32.3 Å². The molecule has 2 nitrogen and oxygen atoms in total. The van der Waals surface area contributed by atoms with E-state index >= 15 is 0 Å². The Balaban J connectivity index is 1.05. The molecule has 0 atom stereocenters. The number of benzene rings is 6. The van der Waals surface area contributed by atoms with Crippen molar-refractivity contribution in [1.82, 2.24) is 0 Å². The molecule has 65 heavy (non-hydrogen) atoms. The van der Waals surface area contributed by atoms with Crippen LogP contribution in [-0.4, -0.2) is 32.3 Å². The van der Waals surface area contributed by atoms with Crippen molar-refractivity contribution in [3.8, 4) is 0 Å². The van der Waals surface area contributed by atoms with Gasteiger partial charge >= 0.3 is 0 Å². The molecule has 9 rings (SSSR count). The largest absolute Gasteiger partial charge is 0.311 e. The Morgan fingerprint density at radius 2 is 0.600 bits per heavy atom. The molecule has 0 aliphatic heterocycles. The second kappa shape index (κ2) is 17.8. The van der Waals surface area contributed by atoms with Crippen molar-refractivity contribution >= 4 is 87.2 Å². The molecule has 0 unspecified atom stereocenters. The van der Waals surface area contributed by atoms with Crippen molar-refractivity contribution in [2.24, 2.45) is 0 Å². The van der Waals surface area contributed by atoms with Crippen LogP contribution in [0.3, 0.4) is 0 Å². The summed E-state index contributed by atoms with van der Waals surface area (Å²) in [5.74, 6) is 0. The van der Waals surface area contributed by atoms with Crippen LogP contribution in [0.2, 0.25) is 76.6 Å². The Labute approximate surface area is 397 Å². The highest BCUT2D eigenvalue weighted by Crippen LogP contribution is 2.48. The molecule has 338 valence electrons. The highest BCUT2D eigenvalue weighted by Gasteiger charge is 2.41. The van der Waals surface area contributed by atoms with Gasteiger partial charge in [0.2, 0.25) is 0 Å². The molecule has 0 saturated heterocycles. The van der Waals surface area contributed by atoms with Crippen molar-refractivity contribution < 1.29 is 0 Å². The van der Waals surface area contributed by atoms with Gasteiger partial charge in [0.15, 0.2) is 0 Å². The Kier molecular flexibility index (Phi) is 12.6. The summed E-state index contributed by atoms with van der Waals surface area (Å²) in [6.45, 7) is 25.0. The summed E-state index contributed by atoms with van der Waals surface area (Å²) < 4.78 is 0. The Morgan fingerprint density at radius 3 is 0.862 bits per heavy atom. The summed E-state index contributed by atoms with van der Waals surface area (Å²) in [4.78, 5) is 4.98.